The van der Waals surface area contributed by atoms with Crippen LogP contribution in [0.1, 0.15) is 13.3 Å². The molecule has 9 heavy (non-hydrogen) atoms. The monoisotopic (exact) mass is 128 g/mol. The number of hydrogen-bond donors (Lipinski definition) is 1. The van der Waals surface area contributed by atoms with Crippen LogP contribution >= 0.6 is 0 Å². The van der Waals surface area contributed by atoms with Gasteiger partial charge in [0.25, 0.3) is 0 Å². The molecule has 0 bridgehead atoms. The molecule has 52 valence electrons. The maximum absolute atomic E-state index is 8.19. The van der Waals surface area contributed by atoms with Crippen LogP contribution in [0.15, 0.2) is 0 Å². The van der Waals surface area contributed by atoms with Gasteiger partial charge in [-0.3, -0.25) is 0 Å². The number of rotatable bonds is 3. The first-order valence-electron chi connectivity index (χ1n) is 3.06. The normalized spacial score (nSPS) is 8.22. The summed E-state index contributed by atoms with van der Waals surface area (Å²) in [6.45, 7) is 3.16. The molecule has 0 amide bonds. The van der Waals surface area contributed by atoms with Gasteiger partial charge < -0.3 is 9.84 Å². The largest absolute Gasteiger partial charge is 0.384 e. The minimum absolute atomic E-state index is 0.0739. The summed E-state index contributed by atoms with van der Waals surface area (Å²) in [4.78, 5) is 0. The third-order valence-electron chi connectivity index (χ3n) is 0.727. The Bertz CT molecular complexity index is 99.2. The van der Waals surface area contributed by atoms with Gasteiger partial charge in [-0.15, -0.1) is 0 Å². The van der Waals surface area contributed by atoms with Crippen molar-refractivity contribution in [3.63, 3.8) is 0 Å². The quantitative estimate of drug-likeness (QED) is 0.440. The summed E-state index contributed by atoms with van der Waals surface area (Å²) in [6, 6.07) is 0. The van der Waals surface area contributed by atoms with Crippen molar-refractivity contribution in [1.82, 2.24) is 0 Å². The fraction of sp³-hybridized carbons (Fsp3) is 0.714. The van der Waals surface area contributed by atoms with E-state index in [4.69, 9.17) is 9.84 Å². The predicted molar refractivity (Wildman–Crippen MR) is 36.0 cm³/mol. The van der Waals surface area contributed by atoms with Crippen LogP contribution in [0.25, 0.3) is 0 Å². The van der Waals surface area contributed by atoms with Gasteiger partial charge >= 0.3 is 0 Å². The van der Waals surface area contributed by atoms with Gasteiger partial charge in [0.2, 0.25) is 0 Å². The van der Waals surface area contributed by atoms with E-state index in [-0.39, 0.29) is 6.61 Å². The van der Waals surface area contributed by atoms with E-state index in [1.54, 1.807) is 0 Å². The summed E-state index contributed by atoms with van der Waals surface area (Å²) in [5.74, 6) is 5.14. The van der Waals surface area contributed by atoms with Gasteiger partial charge in [0.15, 0.2) is 0 Å². The zero-order chi connectivity index (χ0) is 6.95. The van der Waals surface area contributed by atoms with Gasteiger partial charge in [-0.2, -0.15) is 0 Å². The highest BCUT2D eigenvalue weighted by Crippen LogP contribution is 1.76. The van der Waals surface area contributed by atoms with Gasteiger partial charge in [0.1, 0.15) is 13.2 Å². The summed E-state index contributed by atoms with van der Waals surface area (Å²) >= 11 is 0. The maximum atomic E-state index is 8.19. The molecule has 0 aromatic carbocycles. The first-order valence-corrected chi connectivity index (χ1v) is 3.06. The van der Waals surface area contributed by atoms with E-state index >= 15 is 0 Å². The molecule has 1 N–H and O–H groups in total. The lowest BCUT2D eigenvalue weighted by molar-refractivity contribution is 0.167. The van der Waals surface area contributed by atoms with Crippen molar-refractivity contribution in [1.29, 1.82) is 0 Å². The molecule has 0 radical (unpaired) electrons. The molecule has 0 heterocycles. The fourth-order valence-corrected chi connectivity index (χ4v) is 0.374. The second kappa shape index (κ2) is 7.48. The van der Waals surface area contributed by atoms with Crippen molar-refractivity contribution in [2.24, 2.45) is 0 Å². The van der Waals surface area contributed by atoms with Gasteiger partial charge in [0.05, 0.1) is 0 Å². The van der Waals surface area contributed by atoms with Crippen LogP contribution < -0.4 is 0 Å². The van der Waals surface area contributed by atoms with Crippen LogP contribution in [0.4, 0.5) is 0 Å². The maximum Gasteiger partial charge on any atom is 0.107 e. The van der Waals surface area contributed by atoms with Gasteiger partial charge in [-0.1, -0.05) is 18.8 Å². The lowest BCUT2D eigenvalue weighted by atomic mass is 10.5. The molecule has 0 unspecified atom stereocenters. The van der Waals surface area contributed by atoms with Crippen LogP contribution in [-0.2, 0) is 4.74 Å². The van der Waals surface area contributed by atoms with Crippen LogP contribution in [0.3, 0.4) is 0 Å². The van der Waals surface area contributed by atoms with Gasteiger partial charge in [-0.05, 0) is 6.42 Å². The first-order chi connectivity index (χ1) is 4.41. The van der Waals surface area contributed by atoms with E-state index in [1.807, 2.05) is 6.92 Å². The van der Waals surface area contributed by atoms with Crippen molar-refractivity contribution in [2.45, 2.75) is 13.3 Å². The van der Waals surface area contributed by atoms with Crippen LogP contribution in [-0.4, -0.2) is 24.9 Å². The number of hydrogen-bond acceptors (Lipinski definition) is 2. The van der Waals surface area contributed by atoms with E-state index in [9.17, 15) is 0 Å². The third-order valence-corrected chi connectivity index (χ3v) is 0.727. The molecule has 0 saturated heterocycles. The second-order valence-electron chi connectivity index (χ2n) is 1.56. The third kappa shape index (κ3) is 7.48. The Kier molecular flexibility index (Phi) is 7.05. The van der Waals surface area contributed by atoms with Crippen molar-refractivity contribution in [3.05, 3.63) is 0 Å². The molecule has 0 aromatic rings. The summed E-state index contributed by atoms with van der Waals surface area (Å²) in [7, 11) is 0. The number of ether oxygens (including phenoxy) is 1. The second-order valence-corrected chi connectivity index (χ2v) is 1.56. The van der Waals surface area contributed by atoms with Crippen molar-refractivity contribution < 1.29 is 9.84 Å². The molecule has 0 aliphatic carbocycles. The predicted octanol–water partition coefficient (Wildman–Crippen LogP) is 0.409. The molecule has 0 fully saturated rings. The van der Waals surface area contributed by atoms with Crippen LogP contribution in [0, 0.1) is 11.8 Å². The summed E-state index contributed by atoms with van der Waals surface area (Å²) < 4.78 is 5.00. The molecule has 0 atom stereocenters. The van der Waals surface area contributed by atoms with Crippen molar-refractivity contribution in [2.75, 3.05) is 19.8 Å². The Labute approximate surface area is 55.8 Å². The smallest absolute Gasteiger partial charge is 0.107 e. The zero-order valence-corrected chi connectivity index (χ0v) is 5.68. The Balaban J connectivity index is 2.90. The molecule has 2 heteroatoms. The van der Waals surface area contributed by atoms with E-state index in [1.165, 1.54) is 0 Å². The van der Waals surface area contributed by atoms with E-state index < -0.39 is 0 Å². The van der Waals surface area contributed by atoms with Crippen molar-refractivity contribution >= 4 is 0 Å². The molecule has 0 aromatic heterocycles. The molecule has 0 rings (SSSR count). The molecular formula is C7H12O2. The molecule has 0 spiro atoms. The highest BCUT2D eigenvalue weighted by atomic mass is 16.5. The molecule has 2 nitrogen and oxygen atoms in total. The van der Waals surface area contributed by atoms with E-state index in [0.717, 1.165) is 13.0 Å². The Morgan fingerprint density at radius 2 is 2.22 bits per heavy atom. The van der Waals surface area contributed by atoms with Gasteiger partial charge in [-0.25, -0.2) is 0 Å². The zero-order valence-electron chi connectivity index (χ0n) is 5.68. The number of aliphatic hydroxyl groups excluding tert-OH is 1. The lowest BCUT2D eigenvalue weighted by Gasteiger charge is -1.92. The fourth-order valence-electron chi connectivity index (χ4n) is 0.374. The molecule has 0 aliphatic heterocycles. The Hall–Kier alpha value is -0.520. The van der Waals surface area contributed by atoms with Crippen LogP contribution in [0.2, 0.25) is 0 Å². The van der Waals surface area contributed by atoms with E-state index in [2.05, 4.69) is 11.8 Å². The average molecular weight is 128 g/mol. The highest BCUT2D eigenvalue weighted by molar-refractivity contribution is 4.98. The minimum Gasteiger partial charge on any atom is -0.384 e. The van der Waals surface area contributed by atoms with E-state index in [0.29, 0.717) is 6.61 Å². The first kappa shape index (κ1) is 8.48. The topological polar surface area (TPSA) is 29.5 Å². The molecular weight excluding hydrogens is 116 g/mol. The average Bonchev–Trinajstić information content (AvgIpc) is 1.89. The summed E-state index contributed by atoms with van der Waals surface area (Å²) in [5, 5.41) is 8.19. The summed E-state index contributed by atoms with van der Waals surface area (Å²) in [5.41, 5.74) is 0. The lowest BCUT2D eigenvalue weighted by Crippen LogP contribution is -1.92. The Morgan fingerprint density at radius 1 is 1.44 bits per heavy atom. The van der Waals surface area contributed by atoms with Crippen LogP contribution in [0.5, 0.6) is 0 Å². The highest BCUT2D eigenvalue weighted by Gasteiger charge is 1.76. The number of aliphatic hydroxyl groups is 1. The van der Waals surface area contributed by atoms with Gasteiger partial charge in [0, 0.05) is 6.61 Å². The molecule has 0 saturated carbocycles. The minimum atomic E-state index is -0.0739. The Morgan fingerprint density at radius 3 is 2.78 bits per heavy atom. The van der Waals surface area contributed by atoms with Crippen molar-refractivity contribution in [3.8, 4) is 11.8 Å². The SMILES string of the molecule is CCCOCC#CCO. The standard InChI is InChI=1S/C7H12O2/c1-2-6-9-7-4-3-5-8/h8H,2,5-7H2,1H3. The summed E-state index contributed by atoms with van der Waals surface area (Å²) in [6.07, 6.45) is 1.01. The molecule has 0 aliphatic rings.